The van der Waals surface area contributed by atoms with Crippen LogP contribution in [0.3, 0.4) is 0 Å². The van der Waals surface area contributed by atoms with Crippen LogP contribution in [-0.4, -0.2) is 35.2 Å². The molecule has 1 aromatic rings. The number of hydrogen-bond donors (Lipinski definition) is 1. The summed E-state index contributed by atoms with van der Waals surface area (Å²) in [5, 5.41) is 10.6. The molecule has 0 aromatic heterocycles. The number of benzene rings is 1. The lowest BCUT2D eigenvalue weighted by molar-refractivity contribution is -0.151. The summed E-state index contributed by atoms with van der Waals surface area (Å²) >= 11 is 0. The monoisotopic (exact) mass is 318 g/mol. The Morgan fingerprint density at radius 3 is 2.17 bits per heavy atom. The molecule has 1 N–H and O–H groups in total. The van der Waals surface area contributed by atoms with Crippen molar-refractivity contribution in [2.24, 2.45) is 11.8 Å². The van der Waals surface area contributed by atoms with Crippen LogP contribution in [-0.2, 0) is 14.4 Å². The Morgan fingerprint density at radius 2 is 1.74 bits per heavy atom. The molecule has 0 saturated heterocycles. The zero-order valence-corrected chi connectivity index (χ0v) is 13.8. The average molecular weight is 318 g/mol. The summed E-state index contributed by atoms with van der Waals surface area (Å²) in [5.74, 6) is -2.55. The Kier molecular flexibility index (Phi) is 4.71. The van der Waals surface area contributed by atoms with Crippen LogP contribution >= 0.6 is 0 Å². The SMILES string of the molecule is COc1ccc(C2C(C(C)=O)C(=O)CC(C)(O)C2C(C)=O)cc1. The molecule has 0 heterocycles. The van der Waals surface area contributed by atoms with Crippen LogP contribution in [0.25, 0.3) is 0 Å². The summed E-state index contributed by atoms with van der Waals surface area (Å²) in [4.78, 5) is 36.7. The first-order valence-corrected chi connectivity index (χ1v) is 7.59. The molecule has 1 aliphatic rings. The number of rotatable bonds is 4. The van der Waals surface area contributed by atoms with Gasteiger partial charge >= 0.3 is 0 Å². The summed E-state index contributed by atoms with van der Waals surface area (Å²) in [6, 6.07) is 6.92. The summed E-state index contributed by atoms with van der Waals surface area (Å²) in [6.45, 7) is 4.24. The number of methoxy groups -OCH3 is 1. The van der Waals surface area contributed by atoms with Gasteiger partial charge < -0.3 is 9.84 Å². The van der Waals surface area contributed by atoms with Crippen molar-refractivity contribution in [2.45, 2.75) is 38.7 Å². The van der Waals surface area contributed by atoms with E-state index in [0.717, 1.165) is 0 Å². The predicted molar refractivity (Wildman–Crippen MR) is 84.3 cm³/mol. The van der Waals surface area contributed by atoms with Crippen molar-refractivity contribution >= 4 is 17.3 Å². The first kappa shape index (κ1) is 17.3. The van der Waals surface area contributed by atoms with Gasteiger partial charge in [-0.05, 0) is 38.5 Å². The minimum absolute atomic E-state index is 0.186. The fraction of sp³-hybridized carbons (Fsp3) is 0.500. The average Bonchev–Trinajstić information content (AvgIpc) is 2.44. The van der Waals surface area contributed by atoms with Gasteiger partial charge in [0, 0.05) is 12.3 Å². The third-order valence-electron chi connectivity index (χ3n) is 4.64. The van der Waals surface area contributed by atoms with Crippen LogP contribution in [0, 0.1) is 11.8 Å². The van der Waals surface area contributed by atoms with Gasteiger partial charge in [0.05, 0.1) is 24.5 Å². The van der Waals surface area contributed by atoms with E-state index in [4.69, 9.17) is 4.74 Å². The van der Waals surface area contributed by atoms with Crippen molar-refractivity contribution in [1.82, 2.24) is 0 Å². The molecule has 0 aliphatic heterocycles. The van der Waals surface area contributed by atoms with Crippen molar-refractivity contribution < 1.29 is 24.2 Å². The minimum Gasteiger partial charge on any atom is -0.497 e. The van der Waals surface area contributed by atoms with Gasteiger partial charge in [-0.1, -0.05) is 12.1 Å². The molecule has 0 spiro atoms. The standard InChI is InChI=1S/C18H22O5/c1-10(19)15-14(21)9-18(3,22)17(11(2)20)16(15)12-5-7-13(23-4)8-6-12/h5-8,15-17,22H,9H2,1-4H3. The van der Waals surface area contributed by atoms with E-state index in [9.17, 15) is 19.5 Å². The Balaban J connectivity index is 2.58. The van der Waals surface area contributed by atoms with Crippen LogP contribution in [0.5, 0.6) is 5.75 Å². The molecule has 2 rings (SSSR count). The molecule has 1 saturated carbocycles. The largest absolute Gasteiger partial charge is 0.497 e. The maximum absolute atomic E-state index is 12.4. The highest BCUT2D eigenvalue weighted by atomic mass is 16.5. The van der Waals surface area contributed by atoms with Gasteiger partial charge in [-0.25, -0.2) is 0 Å². The summed E-state index contributed by atoms with van der Waals surface area (Å²) < 4.78 is 5.12. The van der Waals surface area contributed by atoms with Gasteiger partial charge in [-0.15, -0.1) is 0 Å². The number of ether oxygens (including phenoxy) is 1. The van der Waals surface area contributed by atoms with Crippen molar-refractivity contribution in [1.29, 1.82) is 0 Å². The summed E-state index contributed by atoms with van der Waals surface area (Å²) in [7, 11) is 1.54. The van der Waals surface area contributed by atoms with Crippen LogP contribution in [0.15, 0.2) is 24.3 Å². The minimum atomic E-state index is -1.46. The Bertz CT molecular complexity index is 629. The van der Waals surface area contributed by atoms with Crippen molar-refractivity contribution in [3.05, 3.63) is 29.8 Å². The molecule has 0 bridgehead atoms. The first-order chi connectivity index (χ1) is 10.7. The smallest absolute Gasteiger partial charge is 0.146 e. The zero-order valence-electron chi connectivity index (χ0n) is 13.8. The third-order valence-corrected chi connectivity index (χ3v) is 4.64. The number of carbonyl (C=O) groups is 3. The van der Waals surface area contributed by atoms with Gasteiger partial charge in [-0.2, -0.15) is 0 Å². The lowest BCUT2D eigenvalue weighted by Crippen LogP contribution is -2.53. The maximum Gasteiger partial charge on any atom is 0.146 e. The van der Waals surface area contributed by atoms with Gasteiger partial charge in [0.25, 0.3) is 0 Å². The second kappa shape index (κ2) is 6.24. The lowest BCUT2D eigenvalue weighted by atomic mass is 9.60. The van der Waals surface area contributed by atoms with Crippen LogP contribution in [0.2, 0.25) is 0 Å². The molecule has 4 atom stereocenters. The second-order valence-corrected chi connectivity index (χ2v) is 6.48. The van der Waals surface area contributed by atoms with Gasteiger partial charge in [-0.3, -0.25) is 14.4 Å². The Labute approximate surface area is 135 Å². The second-order valence-electron chi connectivity index (χ2n) is 6.48. The van der Waals surface area contributed by atoms with E-state index in [1.54, 1.807) is 31.4 Å². The molecule has 1 fully saturated rings. The highest BCUT2D eigenvalue weighted by Crippen LogP contribution is 2.46. The van der Waals surface area contributed by atoms with E-state index in [0.29, 0.717) is 11.3 Å². The van der Waals surface area contributed by atoms with E-state index in [1.807, 2.05) is 0 Å². The Morgan fingerprint density at radius 1 is 1.17 bits per heavy atom. The topological polar surface area (TPSA) is 80.7 Å². The highest BCUT2D eigenvalue weighted by molar-refractivity contribution is 6.05. The number of ketones is 3. The van der Waals surface area contributed by atoms with E-state index < -0.39 is 23.4 Å². The number of Topliss-reactive ketones (excluding diaryl/α,β-unsaturated/α-hetero) is 3. The summed E-state index contributed by atoms with van der Waals surface area (Å²) in [5.41, 5.74) is -0.779. The van der Waals surface area contributed by atoms with Crippen molar-refractivity contribution in [2.75, 3.05) is 7.11 Å². The van der Waals surface area contributed by atoms with Gasteiger partial charge in [0.1, 0.15) is 23.1 Å². The highest BCUT2D eigenvalue weighted by Gasteiger charge is 2.53. The normalized spacial score (nSPS) is 30.8. The molecule has 1 aliphatic carbocycles. The van der Waals surface area contributed by atoms with Gasteiger partial charge in [0.2, 0.25) is 0 Å². The quantitative estimate of drug-likeness (QED) is 0.858. The maximum atomic E-state index is 12.4. The van der Waals surface area contributed by atoms with Crippen molar-refractivity contribution in [3.8, 4) is 5.75 Å². The number of aliphatic hydroxyl groups is 1. The zero-order chi connectivity index (χ0) is 17.4. The lowest BCUT2D eigenvalue weighted by Gasteiger charge is -2.44. The van der Waals surface area contributed by atoms with Crippen LogP contribution < -0.4 is 4.74 Å². The van der Waals surface area contributed by atoms with Crippen LogP contribution in [0.1, 0.15) is 38.7 Å². The molecular formula is C18H22O5. The van der Waals surface area contributed by atoms with Crippen molar-refractivity contribution in [3.63, 3.8) is 0 Å². The predicted octanol–water partition coefficient (Wildman–Crippen LogP) is 1.91. The van der Waals surface area contributed by atoms with E-state index >= 15 is 0 Å². The third kappa shape index (κ3) is 3.20. The molecule has 4 unspecified atom stereocenters. The number of hydrogen-bond acceptors (Lipinski definition) is 5. The summed E-state index contributed by atoms with van der Waals surface area (Å²) in [6.07, 6.45) is -0.186. The fourth-order valence-electron chi connectivity index (χ4n) is 3.73. The molecule has 5 heteroatoms. The van der Waals surface area contributed by atoms with Crippen LogP contribution in [0.4, 0.5) is 0 Å². The molecular weight excluding hydrogens is 296 g/mol. The van der Waals surface area contributed by atoms with Gasteiger partial charge in [0.15, 0.2) is 0 Å². The molecule has 5 nitrogen and oxygen atoms in total. The number of carbonyl (C=O) groups excluding carboxylic acids is 3. The Hall–Kier alpha value is -2.01. The molecule has 23 heavy (non-hydrogen) atoms. The van der Waals surface area contributed by atoms with E-state index in [2.05, 4.69) is 0 Å². The molecule has 1 aromatic carbocycles. The molecule has 0 radical (unpaired) electrons. The fourth-order valence-corrected chi connectivity index (χ4v) is 3.73. The van der Waals surface area contributed by atoms with E-state index in [-0.39, 0.29) is 23.8 Å². The molecule has 124 valence electrons. The molecule has 0 amide bonds. The first-order valence-electron chi connectivity index (χ1n) is 7.59. The van der Waals surface area contributed by atoms with E-state index in [1.165, 1.54) is 20.8 Å².